The van der Waals surface area contributed by atoms with Gasteiger partial charge >= 0.3 is 11.9 Å². The highest BCUT2D eigenvalue weighted by Gasteiger charge is 2.62. The van der Waals surface area contributed by atoms with E-state index >= 15 is 0 Å². The van der Waals surface area contributed by atoms with E-state index in [0.29, 0.717) is 38.5 Å². The van der Waals surface area contributed by atoms with Gasteiger partial charge in [-0.15, -0.1) is 0 Å². The molecule has 28 heavy (non-hydrogen) atoms. The molecule has 0 aliphatic carbocycles. The van der Waals surface area contributed by atoms with Gasteiger partial charge in [0, 0.05) is 0 Å². The van der Waals surface area contributed by atoms with Gasteiger partial charge in [0.25, 0.3) is 10.1 Å². The fraction of sp³-hybridized carbons (Fsp3) is 0.900. The van der Waals surface area contributed by atoms with Gasteiger partial charge in [0.15, 0.2) is 5.25 Å². The Morgan fingerprint density at radius 2 is 1.21 bits per heavy atom. The minimum absolute atomic E-state index is 0.333. The molecular formula is C20H38O7S. The topological polar surface area (TPSA) is 129 Å². The smallest absolute Gasteiger partial charge is 0.325 e. The van der Waals surface area contributed by atoms with Crippen molar-refractivity contribution < 1.29 is 32.8 Å². The number of rotatable bonds is 16. The summed E-state index contributed by atoms with van der Waals surface area (Å²) < 4.78 is 34.1. The minimum atomic E-state index is -5.12. The first-order chi connectivity index (χ1) is 13.0. The molecule has 0 saturated heterocycles. The van der Waals surface area contributed by atoms with Crippen LogP contribution in [0.4, 0.5) is 0 Å². The second-order valence-corrected chi connectivity index (χ2v) is 9.17. The van der Waals surface area contributed by atoms with Gasteiger partial charge in [-0.3, -0.25) is 14.1 Å². The van der Waals surface area contributed by atoms with Crippen LogP contribution in [0.1, 0.15) is 91.9 Å². The van der Waals surface area contributed by atoms with E-state index in [0.717, 1.165) is 25.7 Å². The van der Waals surface area contributed by atoms with Gasteiger partial charge in [0.05, 0.1) is 0 Å². The molecule has 0 radical (unpaired) electrons. The molecule has 3 N–H and O–H groups in total. The molecule has 0 fully saturated rings. The number of carboxylic acid groups (broad SMARTS) is 2. The molecule has 0 aliphatic heterocycles. The molecule has 3 atom stereocenters. The van der Waals surface area contributed by atoms with E-state index in [4.69, 9.17) is 0 Å². The number of carboxylic acids is 2. The Hall–Kier alpha value is -1.15. The third-order valence-electron chi connectivity index (χ3n) is 5.98. The predicted molar refractivity (Wildman–Crippen MR) is 109 cm³/mol. The van der Waals surface area contributed by atoms with Gasteiger partial charge in [-0.05, 0) is 24.7 Å². The van der Waals surface area contributed by atoms with Crippen molar-refractivity contribution in [1.82, 2.24) is 0 Å². The summed E-state index contributed by atoms with van der Waals surface area (Å²) >= 11 is 0. The Kier molecular flexibility index (Phi) is 11.9. The number of hydrogen-bond donors (Lipinski definition) is 3. The Labute approximate surface area is 169 Å². The number of aliphatic carboxylic acids is 2. The molecule has 166 valence electrons. The summed E-state index contributed by atoms with van der Waals surface area (Å²) in [5.74, 6) is -4.56. The van der Waals surface area contributed by atoms with Crippen LogP contribution < -0.4 is 0 Å². The van der Waals surface area contributed by atoms with Crippen molar-refractivity contribution in [2.45, 2.75) is 97.2 Å². The molecule has 0 rings (SSSR count). The molecule has 0 aromatic heterocycles. The third kappa shape index (κ3) is 6.44. The van der Waals surface area contributed by atoms with Gasteiger partial charge in [-0.25, -0.2) is 0 Å². The number of carbonyl (C=O) groups is 2. The molecule has 0 aliphatic rings. The van der Waals surface area contributed by atoms with Crippen LogP contribution in [0.2, 0.25) is 0 Å². The zero-order chi connectivity index (χ0) is 22.0. The lowest BCUT2D eigenvalue weighted by Gasteiger charge is -2.45. The molecule has 0 aromatic carbocycles. The van der Waals surface area contributed by atoms with Crippen LogP contribution in [0.5, 0.6) is 0 Å². The maximum absolute atomic E-state index is 12.6. The number of unbranched alkanes of at least 4 members (excludes halogenated alkanes) is 4. The van der Waals surface area contributed by atoms with Crippen LogP contribution in [0.15, 0.2) is 0 Å². The first-order valence-electron chi connectivity index (χ1n) is 10.5. The van der Waals surface area contributed by atoms with Crippen LogP contribution in [0.25, 0.3) is 0 Å². The average molecular weight is 423 g/mol. The van der Waals surface area contributed by atoms with Crippen LogP contribution in [0.3, 0.4) is 0 Å². The van der Waals surface area contributed by atoms with Crippen molar-refractivity contribution in [1.29, 1.82) is 0 Å². The highest BCUT2D eigenvalue weighted by atomic mass is 32.2. The molecule has 0 spiro atoms. The third-order valence-corrected chi connectivity index (χ3v) is 7.16. The van der Waals surface area contributed by atoms with E-state index in [1.54, 1.807) is 13.8 Å². The molecular weight excluding hydrogens is 384 g/mol. The predicted octanol–water partition coefficient (Wildman–Crippen LogP) is 4.61. The quantitative estimate of drug-likeness (QED) is 0.245. The van der Waals surface area contributed by atoms with E-state index in [1.165, 1.54) is 0 Å². The van der Waals surface area contributed by atoms with Crippen molar-refractivity contribution in [3.05, 3.63) is 0 Å². The summed E-state index contributed by atoms with van der Waals surface area (Å²) in [6.07, 6.45) is 6.39. The molecule has 0 aromatic rings. The molecule has 8 heteroatoms. The first kappa shape index (κ1) is 26.9. The van der Waals surface area contributed by atoms with Gasteiger partial charge in [0.1, 0.15) is 5.41 Å². The Morgan fingerprint density at radius 1 is 0.821 bits per heavy atom. The molecule has 0 saturated carbocycles. The van der Waals surface area contributed by atoms with Crippen molar-refractivity contribution in [3.8, 4) is 0 Å². The van der Waals surface area contributed by atoms with Crippen LogP contribution >= 0.6 is 0 Å². The number of hydrogen-bond acceptors (Lipinski definition) is 4. The normalized spacial score (nSPS) is 17.5. The second-order valence-electron chi connectivity index (χ2n) is 7.67. The molecule has 0 amide bonds. The van der Waals surface area contributed by atoms with E-state index in [9.17, 15) is 32.8 Å². The first-order valence-corrected chi connectivity index (χ1v) is 12.0. The summed E-state index contributed by atoms with van der Waals surface area (Å²) in [4.78, 5) is 24.6. The van der Waals surface area contributed by atoms with Gasteiger partial charge in [0.2, 0.25) is 0 Å². The lowest BCUT2D eigenvalue weighted by atomic mass is 9.59. The summed E-state index contributed by atoms with van der Waals surface area (Å²) in [6, 6.07) is 0. The lowest BCUT2D eigenvalue weighted by Crippen LogP contribution is -2.59. The fourth-order valence-corrected chi connectivity index (χ4v) is 5.88. The molecule has 7 nitrogen and oxygen atoms in total. The summed E-state index contributed by atoms with van der Waals surface area (Å²) in [6.45, 7) is 7.53. The van der Waals surface area contributed by atoms with Crippen LogP contribution in [-0.4, -0.2) is 40.4 Å². The van der Waals surface area contributed by atoms with Crippen LogP contribution in [0, 0.1) is 17.3 Å². The monoisotopic (exact) mass is 422 g/mol. The molecule has 3 unspecified atom stereocenters. The second kappa shape index (κ2) is 12.4. The van der Waals surface area contributed by atoms with Gasteiger partial charge in [-0.1, -0.05) is 79.1 Å². The van der Waals surface area contributed by atoms with E-state index < -0.39 is 44.6 Å². The summed E-state index contributed by atoms with van der Waals surface area (Å²) in [5, 5.41) is 17.6. The van der Waals surface area contributed by atoms with Crippen molar-refractivity contribution in [3.63, 3.8) is 0 Å². The standard InChI is InChI=1S/C20H38O7S/c1-5-9-11-13-15(7-3)20(19(23)24,16(8-4)14-12-10-6-2)17(18(21)22)28(25,26)27/h15-17H,5-14H2,1-4H3,(H,21,22)(H,23,24)(H,25,26,27). The van der Waals surface area contributed by atoms with Gasteiger partial charge < -0.3 is 10.2 Å². The largest absolute Gasteiger partial charge is 0.481 e. The highest BCUT2D eigenvalue weighted by molar-refractivity contribution is 7.87. The van der Waals surface area contributed by atoms with Crippen LogP contribution in [-0.2, 0) is 19.7 Å². The summed E-state index contributed by atoms with van der Waals surface area (Å²) in [5.41, 5.74) is -2.07. The van der Waals surface area contributed by atoms with E-state index in [1.807, 2.05) is 13.8 Å². The van der Waals surface area contributed by atoms with Crippen molar-refractivity contribution in [2.75, 3.05) is 0 Å². The fourth-order valence-electron chi connectivity index (χ4n) is 4.64. The van der Waals surface area contributed by atoms with Crippen molar-refractivity contribution >= 4 is 22.1 Å². The van der Waals surface area contributed by atoms with E-state index in [2.05, 4.69) is 0 Å². The zero-order valence-electron chi connectivity index (χ0n) is 17.7. The highest BCUT2D eigenvalue weighted by Crippen LogP contribution is 2.50. The SMILES string of the molecule is CCCCCC(CC)C(C(=O)O)(C(CC)CCCCC)C(C(=O)O)S(=O)(=O)O. The Balaban J connectivity index is 6.60. The maximum Gasteiger partial charge on any atom is 0.325 e. The molecule has 0 bridgehead atoms. The maximum atomic E-state index is 12.6. The van der Waals surface area contributed by atoms with Crippen molar-refractivity contribution in [2.24, 2.45) is 17.3 Å². The summed E-state index contributed by atoms with van der Waals surface area (Å²) in [7, 11) is -5.12. The Bertz CT molecular complexity index is 567. The lowest BCUT2D eigenvalue weighted by molar-refractivity contribution is -0.165. The molecule has 0 heterocycles. The van der Waals surface area contributed by atoms with Gasteiger partial charge in [-0.2, -0.15) is 8.42 Å². The average Bonchev–Trinajstić information content (AvgIpc) is 2.59. The zero-order valence-corrected chi connectivity index (χ0v) is 18.5. The van der Waals surface area contributed by atoms with E-state index in [-0.39, 0.29) is 0 Å². The minimum Gasteiger partial charge on any atom is -0.481 e. The Morgan fingerprint density at radius 3 is 1.43 bits per heavy atom.